The number of hydrogen-bond donors (Lipinski definition) is 1. The smallest absolute Gasteiger partial charge is 0.129 e. The standard InChI is InChI=1S/C15H26N2O2/c1-17-9-3-2-6-14(17)12-16-8-5-10-18-13-15-7-4-11-19-15/h4,7,11,14,16H,2-3,5-6,8-10,12-13H2,1H3. The van der Waals surface area contributed by atoms with Crippen LogP contribution in [0.15, 0.2) is 22.8 Å². The van der Waals surface area contributed by atoms with Crippen LogP contribution < -0.4 is 5.32 Å². The van der Waals surface area contributed by atoms with Gasteiger partial charge in [0.15, 0.2) is 0 Å². The van der Waals surface area contributed by atoms with Gasteiger partial charge in [-0.2, -0.15) is 0 Å². The van der Waals surface area contributed by atoms with Crippen molar-refractivity contribution in [3.05, 3.63) is 24.2 Å². The summed E-state index contributed by atoms with van der Waals surface area (Å²) >= 11 is 0. The fraction of sp³-hybridized carbons (Fsp3) is 0.733. The number of likely N-dealkylation sites (tertiary alicyclic amines) is 1. The maximum Gasteiger partial charge on any atom is 0.129 e. The fourth-order valence-electron chi connectivity index (χ4n) is 2.54. The van der Waals surface area contributed by atoms with Crippen molar-refractivity contribution >= 4 is 0 Å². The predicted molar refractivity (Wildman–Crippen MR) is 76.1 cm³/mol. The molecule has 4 heteroatoms. The zero-order valence-electron chi connectivity index (χ0n) is 11.9. The Morgan fingerprint density at radius 3 is 3.21 bits per heavy atom. The number of likely N-dealkylation sites (N-methyl/N-ethyl adjacent to an activating group) is 1. The highest BCUT2D eigenvalue weighted by atomic mass is 16.5. The molecule has 1 aromatic rings. The average molecular weight is 266 g/mol. The highest BCUT2D eigenvalue weighted by Gasteiger charge is 2.17. The van der Waals surface area contributed by atoms with Crippen LogP contribution in [0.5, 0.6) is 0 Å². The van der Waals surface area contributed by atoms with Crippen molar-refractivity contribution in [3.63, 3.8) is 0 Å². The molecule has 19 heavy (non-hydrogen) atoms. The molecule has 0 aliphatic carbocycles. The van der Waals surface area contributed by atoms with Crippen molar-refractivity contribution < 1.29 is 9.15 Å². The van der Waals surface area contributed by atoms with E-state index in [0.717, 1.165) is 37.9 Å². The maximum atomic E-state index is 5.55. The number of nitrogens with one attached hydrogen (secondary N) is 1. The lowest BCUT2D eigenvalue weighted by atomic mass is 10.0. The number of furan rings is 1. The van der Waals surface area contributed by atoms with Crippen LogP contribution in [0.3, 0.4) is 0 Å². The van der Waals surface area contributed by atoms with E-state index in [1.165, 1.54) is 25.8 Å². The van der Waals surface area contributed by atoms with Gasteiger partial charge in [-0.1, -0.05) is 6.42 Å². The molecule has 4 nitrogen and oxygen atoms in total. The molecule has 1 aliphatic rings. The van der Waals surface area contributed by atoms with E-state index >= 15 is 0 Å². The van der Waals surface area contributed by atoms with Crippen molar-refractivity contribution in [2.45, 2.75) is 38.3 Å². The van der Waals surface area contributed by atoms with E-state index < -0.39 is 0 Å². The highest BCUT2D eigenvalue weighted by Crippen LogP contribution is 2.13. The molecule has 0 aromatic carbocycles. The van der Waals surface area contributed by atoms with Crippen LogP contribution in [0.2, 0.25) is 0 Å². The molecular formula is C15H26N2O2. The Labute approximate surface area is 116 Å². The second kappa shape index (κ2) is 8.35. The first-order valence-corrected chi connectivity index (χ1v) is 7.37. The van der Waals surface area contributed by atoms with Crippen LogP contribution in [-0.4, -0.2) is 44.2 Å². The number of rotatable bonds is 8. The predicted octanol–water partition coefficient (Wildman–Crippen LogP) is 2.26. The Balaban J connectivity index is 1.43. The molecular weight excluding hydrogens is 240 g/mol. The Morgan fingerprint density at radius 1 is 1.47 bits per heavy atom. The third-order valence-electron chi connectivity index (χ3n) is 3.77. The van der Waals surface area contributed by atoms with E-state index in [1.807, 2.05) is 12.1 Å². The van der Waals surface area contributed by atoms with Gasteiger partial charge in [-0.05, 0) is 51.5 Å². The molecule has 0 spiro atoms. The van der Waals surface area contributed by atoms with Gasteiger partial charge in [0, 0.05) is 19.2 Å². The topological polar surface area (TPSA) is 37.6 Å². The highest BCUT2D eigenvalue weighted by molar-refractivity contribution is 4.95. The zero-order chi connectivity index (χ0) is 13.3. The van der Waals surface area contributed by atoms with Gasteiger partial charge in [-0.3, -0.25) is 0 Å². The molecule has 0 radical (unpaired) electrons. The van der Waals surface area contributed by atoms with Crippen molar-refractivity contribution in [2.75, 3.05) is 33.3 Å². The molecule has 1 aliphatic heterocycles. The third-order valence-corrected chi connectivity index (χ3v) is 3.77. The number of nitrogens with zero attached hydrogens (tertiary/aromatic N) is 1. The minimum atomic E-state index is 0.582. The van der Waals surface area contributed by atoms with Gasteiger partial charge < -0.3 is 19.4 Å². The molecule has 1 N–H and O–H groups in total. The number of piperidine rings is 1. The molecule has 0 amide bonds. The maximum absolute atomic E-state index is 5.55. The molecule has 1 atom stereocenters. The van der Waals surface area contributed by atoms with Crippen LogP contribution in [0.1, 0.15) is 31.4 Å². The summed E-state index contributed by atoms with van der Waals surface area (Å²) in [6, 6.07) is 4.55. The largest absolute Gasteiger partial charge is 0.467 e. The van der Waals surface area contributed by atoms with Crippen LogP contribution in [0.4, 0.5) is 0 Å². The molecule has 2 rings (SSSR count). The molecule has 108 valence electrons. The van der Waals surface area contributed by atoms with Gasteiger partial charge >= 0.3 is 0 Å². The van der Waals surface area contributed by atoms with Gasteiger partial charge in [-0.15, -0.1) is 0 Å². The fourth-order valence-corrected chi connectivity index (χ4v) is 2.54. The summed E-state index contributed by atoms with van der Waals surface area (Å²) in [7, 11) is 2.23. The Hall–Kier alpha value is -0.840. The monoisotopic (exact) mass is 266 g/mol. The summed E-state index contributed by atoms with van der Waals surface area (Å²) in [5, 5.41) is 3.53. The first-order chi connectivity index (χ1) is 9.36. The van der Waals surface area contributed by atoms with E-state index in [4.69, 9.17) is 9.15 Å². The van der Waals surface area contributed by atoms with Gasteiger partial charge in [0.25, 0.3) is 0 Å². The van der Waals surface area contributed by atoms with Gasteiger partial charge in [0.05, 0.1) is 6.26 Å². The van der Waals surface area contributed by atoms with Gasteiger partial charge in [0.2, 0.25) is 0 Å². The normalized spacial score (nSPS) is 20.8. The minimum absolute atomic E-state index is 0.582. The van der Waals surface area contributed by atoms with Crippen LogP contribution in [0, 0.1) is 0 Å². The summed E-state index contributed by atoms with van der Waals surface area (Å²) in [4.78, 5) is 2.48. The molecule has 0 bridgehead atoms. The van der Waals surface area contributed by atoms with Crippen LogP contribution in [0.25, 0.3) is 0 Å². The third kappa shape index (κ3) is 5.35. The lowest BCUT2D eigenvalue weighted by Gasteiger charge is -2.32. The second-order valence-corrected chi connectivity index (χ2v) is 5.32. The minimum Gasteiger partial charge on any atom is -0.467 e. The van der Waals surface area contributed by atoms with Crippen LogP contribution >= 0.6 is 0 Å². The Bertz CT molecular complexity index is 327. The summed E-state index contributed by atoms with van der Waals surface area (Å²) in [6.45, 7) is 4.75. The van der Waals surface area contributed by atoms with E-state index in [1.54, 1.807) is 6.26 Å². The first-order valence-electron chi connectivity index (χ1n) is 7.37. The lowest BCUT2D eigenvalue weighted by Crippen LogP contribution is -2.43. The van der Waals surface area contributed by atoms with Crippen molar-refractivity contribution in [2.24, 2.45) is 0 Å². The number of ether oxygens (including phenoxy) is 1. The summed E-state index contributed by atoms with van der Waals surface area (Å²) < 4.78 is 10.8. The van der Waals surface area contributed by atoms with Gasteiger partial charge in [-0.25, -0.2) is 0 Å². The molecule has 2 heterocycles. The Morgan fingerprint density at radius 2 is 2.42 bits per heavy atom. The molecule has 1 fully saturated rings. The SMILES string of the molecule is CN1CCCCC1CNCCCOCc1ccco1. The lowest BCUT2D eigenvalue weighted by molar-refractivity contribution is 0.103. The number of hydrogen-bond acceptors (Lipinski definition) is 4. The average Bonchev–Trinajstić information content (AvgIpc) is 2.93. The van der Waals surface area contributed by atoms with Crippen molar-refractivity contribution in [1.82, 2.24) is 10.2 Å². The van der Waals surface area contributed by atoms with E-state index in [2.05, 4.69) is 17.3 Å². The molecule has 0 saturated carbocycles. The van der Waals surface area contributed by atoms with E-state index in [-0.39, 0.29) is 0 Å². The van der Waals surface area contributed by atoms with Gasteiger partial charge in [0.1, 0.15) is 12.4 Å². The van der Waals surface area contributed by atoms with Crippen LogP contribution in [-0.2, 0) is 11.3 Å². The first kappa shape index (κ1) is 14.6. The molecule has 1 unspecified atom stereocenters. The van der Waals surface area contributed by atoms with Crippen molar-refractivity contribution in [1.29, 1.82) is 0 Å². The van der Waals surface area contributed by atoms with Crippen molar-refractivity contribution in [3.8, 4) is 0 Å². The molecule has 1 saturated heterocycles. The Kier molecular flexibility index (Phi) is 6.41. The zero-order valence-corrected chi connectivity index (χ0v) is 11.9. The van der Waals surface area contributed by atoms with E-state index in [0.29, 0.717) is 6.61 Å². The summed E-state index contributed by atoms with van der Waals surface area (Å²) in [5.74, 6) is 0.900. The second-order valence-electron chi connectivity index (χ2n) is 5.32. The molecule has 1 aromatic heterocycles. The quantitative estimate of drug-likeness (QED) is 0.732. The van der Waals surface area contributed by atoms with E-state index in [9.17, 15) is 0 Å². The summed E-state index contributed by atoms with van der Waals surface area (Å²) in [6.07, 6.45) is 6.80. The summed E-state index contributed by atoms with van der Waals surface area (Å²) in [5.41, 5.74) is 0.